The molecule has 0 atom stereocenters. The number of methoxy groups -OCH3 is 1. The summed E-state index contributed by atoms with van der Waals surface area (Å²) in [7, 11) is 1.60. The van der Waals surface area contributed by atoms with Gasteiger partial charge < -0.3 is 18.9 Å². The van der Waals surface area contributed by atoms with Crippen LogP contribution < -0.4 is 4.74 Å². The molecule has 0 radical (unpaired) electrons. The summed E-state index contributed by atoms with van der Waals surface area (Å²) in [5.41, 5.74) is 3.06. The number of rotatable bonds is 8. The SMILES string of the molecule is CCOC(=O)c1cc(C#Cc2ccccc2)c(OCOCCOC)c(C#Cc2ccccc2)c1. The predicted molar refractivity (Wildman–Crippen MR) is 131 cm³/mol. The van der Waals surface area contributed by atoms with Crippen LogP contribution in [0.25, 0.3) is 0 Å². The van der Waals surface area contributed by atoms with E-state index in [1.54, 1.807) is 26.2 Å². The first-order chi connectivity index (χ1) is 16.7. The molecule has 0 unspecified atom stereocenters. The van der Waals surface area contributed by atoms with Crippen molar-refractivity contribution in [2.24, 2.45) is 0 Å². The number of hydrogen-bond acceptors (Lipinski definition) is 5. The molecule has 0 saturated heterocycles. The Labute approximate surface area is 200 Å². The smallest absolute Gasteiger partial charge is 0.338 e. The molecule has 0 spiro atoms. The maximum Gasteiger partial charge on any atom is 0.338 e. The largest absolute Gasteiger partial charge is 0.465 e. The van der Waals surface area contributed by atoms with Crippen LogP contribution in [0.3, 0.4) is 0 Å². The summed E-state index contributed by atoms with van der Waals surface area (Å²) < 4.78 is 21.7. The lowest BCUT2D eigenvalue weighted by molar-refractivity contribution is -0.00870. The number of carbonyl (C=O) groups excluding carboxylic acids is 1. The topological polar surface area (TPSA) is 54.0 Å². The Bertz CT molecular complexity index is 1120. The summed E-state index contributed by atoms with van der Waals surface area (Å²) in [5, 5.41) is 0. The molecule has 5 nitrogen and oxygen atoms in total. The van der Waals surface area contributed by atoms with Crippen molar-refractivity contribution in [3.05, 3.63) is 101 Å². The van der Waals surface area contributed by atoms with Crippen molar-refractivity contribution >= 4 is 5.97 Å². The van der Waals surface area contributed by atoms with Crippen molar-refractivity contribution in [3.8, 4) is 29.4 Å². The van der Waals surface area contributed by atoms with E-state index in [0.29, 0.717) is 35.7 Å². The van der Waals surface area contributed by atoms with Crippen LogP contribution in [0.4, 0.5) is 0 Å². The molecule has 0 N–H and O–H groups in total. The molecule has 3 aromatic rings. The number of esters is 1. The Morgan fingerprint density at radius 2 is 1.35 bits per heavy atom. The highest BCUT2D eigenvalue weighted by Crippen LogP contribution is 2.26. The Morgan fingerprint density at radius 1 is 0.794 bits per heavy atom. The van der Waals surface area contributed by atoms with Crippen LogP contribution in [-0.4, -0.2) is 39.7 Å². The van der Waals surface area contributed by atoms with Crippen molar-refractivity contribution in [1.82, 2.24) is 0 Å². The molecule has 0 aliphatic rings. The second-order valence-corrected chi connectivity index (χ2v) is 7.02. The molecule has 5 heteroatoms. The highest BCUT2D eigenvalue weighted by molar-refractivity contribution is 5.91. The van der Waals surface area contributed by atoms with Crippen molar-refractivity contribution in [3.63, 3.8) is 0 Å². The lowest BCUT2D eigenvalue weighted by Crippen LogP contribution is -2.11. The van der Waals surface area contributed by atoms with Gasteiger partial charge in [0.05, 0.1) is 36.5 Å². The van der Waals surface area contributed by atoms with Crippen molar-refractivity contribution in [1.29, 1.82) is 0 Å². The van der Waals surface area contributed by atoms with E-state index in [1.807, 2.05) is 60.7 Å². The van der Waals surface area contributed by atoms with E-state index in [9.17, 15) is 4.79 Å². The maximum atomic E-state index is 12.5. The minimum Gasteiger partial charge on any atom is -0.465 e. The van der Waals surface area contributed by atoms with Gasteiger partial charge in [-0.2, -0.15) is 0 Å². The van der Waals surface area contributed by atoms with Crippen molar-refractivity contribution in [2.75, 3.05) is 33.7 Å². The molecule has 0 bridgehead atoms. The van der Waals surface area contributed by atoms with Gasteiger partial charge in [-0.1, -0.05) is 60.1 Å². The first-order valence-corrected chi connectivity index (χ1v) is 10.9. The van der Waals surface area contributed by atoms with Crippen LogP contribution in [0.2, 0.25) is 0 Å². The van der Waals surface area contributed by atoms with Crippen LogP contribution in [0.1, 0.15) is 39.5 Å². The normalized spacial score (nSPS) is 9.82. The van der Waals surface area contributed by atoms with Crippen LogP contribution in [-0.2, 0) is 14.2 Å². The number of ether oxygens (including phenoxy) is 4. The maximum absolute atomic E-state index is 12.5. The average molecular weight is 455 g/mol. The molecule has 172 valence electrons. The van der Waals surface area contributed by atoms with E-state index in [2.05, 4.69) is 23.7 Å². The minimum atomic E-state index is -0.448. The molecule has 34 heavy (non-hydrogen) atoms. The molecule has 0 aliphatic heterocycles. The van der Waals surface area contributed by atoms with Gasteiger partial charge in [-0.25, -0.2) is 4.79 Å². The fraction of sp³-hybridized carbons (Fsp3) is 0.207. The van der Waals surface area contributed by atoms with E-state index >= 15 is 0 Å². The van der Waals surface area contributed by atoms with E-state index in [-0.39, 0.29) is 13.4 Å². The number of benzene rings is 3. The molecule has 3 rings (SSSR count). The Morgan fingerprint density at radius 3 is 1.85 bits per heavy atom. The quantitative estimate of drug-likeness (QED) is 0.214. The fourth-order valence-electron chi connectivity index (χ4n) is 2.93. The number of carbonyl (C=O) groups is 1. The lowest BCUT2D eigenvalue weighted by atomic mass is 10.0. The standard InChI is InChI=1S/C29H26O5/c1-3-33-29(30)27-20-25(16-14-23-10-6-4-7-11-23)28(34-22-32-19-18-31-2)26(21-27)17-15-24-12-8-5-9-13-24/h4-13,20-21H,3,18-19,22H2,1-2H3. The Kier molecular flexibility index (Phi) is 9.77. The first-order valence-electron chi connectivity index (χ1n) is 10.9. The zero-order valence-electron chi connectivity index (χ0n) is 19.3. The van der Waals surface area contributed by atoms with Crippen molar-refractivity contribution < 1.29 is 23.7 Å². The second kappa shape index (κ2) is 13.5. The molecular formula is C29H26O5. The van der Waals surface area contributed by atoms with Crippen LogP contribution in [0.15, 0.2) is 72.8 Å². The highest BCUT2D eigenvalue weighted by Gasteiger charge is 2.16. The Balaban J connectivity index is 2.06. The zero-order valence-corrected chi connectivity index (χ0v) is 19.3. The van der Waals surface area contributed by atoms with Gasteiger partial charge in [-0.15, -0.1) is 0 Å². The van der Waals surface area contributed by atoms with Gasteiger partial charge in [-0.3, -0.25) is 0 Å². The fourth-order valence-corrected chi connectivity index (χ4v) is 2.93. The van der Waals surface area contributed by atoms with Crippen molar-refractivity contribution in [2.45, 2.75) is 6.92 Å². The monoisotopic (exact) mass is 454 g/mol. The third-order valence-corrected chi connectivity index (χ3v) is 4.55. The molecule has 3 aromatic carbocycles. The third-order valence-electron chi connectivity index (χ3n) is 4.55. The zero-order chi connectivity index (χ0) is 24.0. The summed E-state index contributed by atoms with van der Waals surface area (Å²) in [6.45, 7) is 2.85. The summed E-state index contributed by atoms with van der Waals surface area (Å²) in [4.78, 5) is 12.5. The van der Waals surface area contributed by atoms with Crippen LogP contribution >= 0.6 is 0 Å². The summed E-state index contributed by atoms with van der Waals surface area (Å²) in [6.07, 6.45) is 0. The average Bonchev–Trinajstić information content (AvgIpc) is 2.88. The lowest BCUT2D eigenvalue weighted by Gasteiger charge is -2.13. The first kappa shape index (κ1) is 24.6. The van der Waals surface area contributed by atoms with Gasteiger partial charge in [0.25, 0.3) is 0 Å². The molecule has 0 fully saturated rings. The van der Waals surface area contributed by atoms with E-state index in [0.717, 1.165) is 11.1 Å². The van der Waals surface area contributed by atoms with Gasteiger partial charge in [0.2, 0.25) is 0 Å². The molecular weight excluding hydrogens is 428 g/mol. The van der Waals surface area contributed by atoms with Gasteiger partial charge in [0.15, 0.2) is 12.5 Å². The van der Waals surface area contributed by atoms with E-state index in [4.69, 9.17) is 18.9 Å². The number of hydrogen-bond donors (Lipinski definition) is 0. The predicted octanol–water partition coefficient (Wildman–Crippen LogP) is 4.66. The van der Waals surface area contributed by atoms with E-state index in [1.165, 1.54) is 0 Å². The molecule has 0 saturated carbocycles. The summed E-state index contributed by atoms with van der Waals surface area (Å²) >= 11 is 0. The second-order valence-electron chi connectivity index (χ2n) is 7.02. The summed E-state index contributed by atoms with van der Waals surface area (Å²) in [5.74, 6) is 12.5. The molecule has 0 aromatic heterocycles. The molecule has 0 aliphatic carbocycles. The van der Waals surface area contributed by atoms with E-state index < -0.39 is 5.97 Å². The van der Waals surface area contributed by atoms with Gasteiger partial charge in [0, 0.05) is 18.2 Å². The highest BCUT2D eigenvalue weighted by atomic mass is 16.7. The van der Waals surface area contributed by atoms with Crippen LogP contribution in [0, 0.1) is 23.7 Å². The van der Waals surface area contributed by atoms with Gasteiger partial charge in [0.1, 0.15) is 0 Å². The minimum absolute atomic E-state index is 0.0118. The Hall–Kier alpha value is -4.03. The summed E-state index contributed by atoms with van der Waals surface area (Å²) in [6, 6.07) is 22.5. The molecule has 0 amide bonds. The van der Waals surface area contributed by atoms with Gasteiger partial charge in [-0.05, 0) is 43.3 Å². The molecule has 0 heterocycles. The van der Waals surface area contributed by atoms with Crippen LogP contribution in [0.5, 0.6) is 5.75 Å². The van der Waals surface area contributed by atoms with Gasteiger partial charge >= 0.3 is 5.97 Å². The third kappa shape index (κ3) is 7.53.